The van der Waals surface area contributed by atoms with Gasteiger partial charge in [0, 0.05) is 6.08 Å². The molecule has 1 fully saturated rings. The Kier molecular flexibility index (Phi) is 10.7. The molecule has 1 saturated heterocycles. The molecule has 208 valence electrons. The summed E-state index contributed by atoms with van der Waals surface area (Å²) < 4.78 is 37.5. The number of hydrogen-bond donors (Lipinski definition) is 3. The van der Waals surface area contributed by atoms with Gasteiger partial charge in [-0.15, -0.1) is 0 Å². The topological polar surface area (TPSA) is 142 Å². The van der Waals surface area contributed by atoms with Gasteiger partial charge in [0.1, 0.15) is 18.3 Å². The van der Waals surface area contributed by atoms with Crippen molar-refractivity contribution < 1.29 is 53.3 Å². The average molecular weight is 535 g/mol. The molecule has 11 nitrogen and oxygen atoms in total. The van der Waals surface area contributed by atoms with Gasteiger partial charge in [0.2, 0.25) is 0 Å². The highest BCUT2D eigenvalue weighted by Gasteiger charge is 2.46. The molecule has 38 heavy (non-hydrogen) atoms. The summed E-state index contributed by atoms with van der Waals surface area (Å²) in [5, 5.41) is 31.0. The van der Waals surface area contributed by atoms with Crippen molar-refractivity contribution in [1.29, 1.82) is 0 Å². The van der Waals surface area contributed by atoms with Crippen molar-refractivity contribution in [3.8, 4) is 23.0 Å². The molecule has 2 aromatic carbocycles. The van der Waals surface area contributed by atoms with E-state index in [0.717, 1.165) is 11.6 Å². The van der Waals surface area contributed by atoms with Crippen molar-refractivity contribution in [2.24, 2.45) is 0 Å². The summed E-state index contributed by atoms with van der Waals surface area (Å²) in [4.78, 5) is 12.4. The van der Waals surface area contributed by atoms with Crippen LogP contribution < -0.4 is 18.9 Å². The van der Waals surface area contributed by atoms with Crippen LogP contribution in [0.4, 0.5) is 0 Å². The van der Waals surface area contributed by atoms with Gasteiger partial charge < -0.3 is 48.5 Å². The molecule has 1 aliphatic heterocycles. The first-order valence-corrected chi connectivity index (χ1v) is 11.9. The summed E-state index contributed by atoms with van der Waals surface area (Å²) in [6, 6.07) is 10.5. The maximum atomic E-state index is 12.4. The highest BCUT2D eigenvalue weighted by molar-refractivity contribution is 5.87. The van der Waals surface area contributed by atoms with Crippen LogP contribution in [-0.4, -0.2) is 93.6 Å². The zero-order valence-electron chi connectivity index (χ0n) is 21.7. The fraction of sp³-hybridized carbons (Fsp3) is 0.444. The molecule has 11 heteroatoms. The van der Waals surface area contributed by atoms with Gasteiger partial charge >= 0.3 is 5.97 Å². The minimum absolute atomic E-state index is 0.139. The lowest BCUT2D eigenvalue weighted by molar-refractivity contribution is -0.302. The largest absolute Gasteiger partial charge is 0.493 e. The number of esters is 1. The van der Waals surface area contributed by atoms with Gasteiger partial charge in [0.25, 0.3) is 0 Å². The van der Waals surface area contributed by atoms with E-state index < -0.39 is 43.3 Å². The van der Waals surface area contributed by atoms with E-state index in [1.54, 1.807) is 37.4 Å². The number of benzene rings is 2. The summed E-state index contributed by atoms with van der Waals surface area (Å²) >= 11 is 0. The normalized spacial score (nSPS) is 23.2. The summed E-state index contributed by atoms with van der Waals surface area (Å²) in [7, 11) is 6.10. The SMILES string of the molecule is COc1ccc(/C=C/C(=O)O[C@@H]2[C@@H](O)[C@H](O)[C@@H](OCCc3ccc(OC)c(OC)c3)O[C@@H]2CO)cc1OC. The third-order valence-corrected chi connectivity index (χ3v) is 6.01. The quantitative estimate of drug-likeness (QED) is 0.268. The molecular weight excluding hydrogens is 500 g/mol. The third kappa shape index (κ3) is 7.15. The second kappa shape index (κ2) is 14.0. The maximum Gasteiger partial charge on any atom is 0.331 e. The van der Waals surface area contributed by atoms with Crippen LogP contribution in [0.25, 0.3) is 6.08 Å². The first kappa shape index (κ1) is 29.2. The Bertz CT molecular complexity index is 1080. The molecule has 1 heterocycles. The Hall–Kier alpha value is -3.35. The predicted octanol–water partition coefficient (Wildman–Crippen LogP) is 1.34. The van der Waals surface area contributed by atoms with Crippen LogP contribution in [0.5, 0.6) is 23.0 Å². The van der Waals surface area contributed by atoms with Crippen LogP contribution in [0.1, 0.15) is 11.1 Å². The molecule has 0 radical (unpaired) electrons. The minimum Gasteiger partial charge on any atom is -0.493 e. The molecule has 0 bridgehead atoms. The first-order valence-electron chi connectivity index (χ1n) is 11.9. The molecule has 1 aliphatic rings. The molecule has 0 amide bonds. The minimum atomic E-state index is -1.55. The fourth-order valence-electron chi connectivity index (χ4n) is 3.96. The van der Waals surface area contributed by atoms with Gasteiger partial charge in [-0.2, -0.15) is 0 Å². The summed E-state index contributed by atoms with van der Waals surface area (Å²) in [5.74, 6) is 1.39. The fourth-order valence-corrected chi connectivity index (χ4v) is 3.96. The van der Waals surface area contributed by atoms with Gasteiger partial charge in [0.15, 0.2) is 35.4 Å². The van der Waals surface area contributed by atoms with Crippen LogP contribution >= 0.6 is 0 Å². The summed E-state index contributed by atoms with van der Waals surface area (Å²) in [6.45, 7) is -0.433. The van der Waals surface area contributed by atoms with E-state index >= 15 is 0 Å². The van der Waals surface area contributed by atoms with Crippen LogP contribution in [0.15, 0.2) is 42.5 Å². The molecule has 5 atom stereocenters. The average Bonchev–Trinajstić information content (AvgIpc) is 2.95. The predicted molar refractivity (Wildman–Crippen MR) is 135 cm³/mol. The molecule has 0 saturated carbocycles. The number of methoxy groups -OCH3 is 4. The van der Waals surface area contributed by atoms with E-state index in [9.17, 15) is 20.1 Å². The number of aliphatic hydroxyl groups is 3. The van der Waals surface area contributed by atoms with Crippen LogP contribution in [0, 0.1) is 0 Å². The third-order valence-electron chi connectivity index (χ3n) is 6.01. The van der Waals surface area contributed by atoms with E-state index in [4.69, 9.17) is 33.2 Å². The van der Waals surface area contributed by atoms with Gasteiger partial charge in [0.05, 0.1) is 41.7 Å². The van der Waals surface area contributed by atoms with E-state index in [0.29, 0.717) is 35.0 Å². The van der Waals surface area contributed by atoms with Crippen molar-refractivity contribution in [2.45, 2.75) is 37.1 Å². The number of hydrogen-bond acceptors (Lipinski definition) is 11. The van der Waals surface area contributed by atoms with Gasteiger partial charge in [-0.1, -0.05) is 12.1 Å². The second-order valence-electron chi connectivity index (χ2n) is 8.37. The summed E-state index contributed by atoms with van der Waals surface area (Å²) in [6.07, 6.45) is -3.64. The van der Waals surface area contributed by atoms with Crippen molar-refractivity contribution >= 4 is 12.0 Å². The van der Waals surface area contributed by atoms with Crippen molar-refractivity contribution in [1.82, 2.24) is 0 Å². The smallest absolute Gasteiger partial charge is 0.331 e. The summed E-state index contributed by atoms with van der Waals surface area (Å²) in [5.41, 5.74) is 1.53. The lowest BCUT2D eigenvalue weighted by Crippen LogP contribution is -2.60. The van der Waals surface area contributed by atoms with Crippen molar-refractivity contribution in [3.05, 3.63) is 53.6 Å². The van der Waals surface area contributed by atoms with Crippen molar-refractivity contribution in [2.75, 3.05) is 41.7 Å². The molecular formula is C27H34O11. The second-order valence-corrected chi connectivity index (χ2v) is 8.37. The molecule has 0 unspecified atom stereocenters. The molecule has 3 rings (SSSR count). The molecule has 0 aromatic heterocycles. The van der Waals surface area contributed by atoms with Gasteiger partial charge in [-0.05, 0) is 47.9 Å². The molecule has 2 aromatic rings. The van der Waals surface area contributed by atoms with Crippen LogP contribution in [0.2, 0.25) is 0 Å². The number of carbonyl (C=O) groups is 1. The van der Waals surface area contributed by atoms with Gasteiger partial charge in [-0.3, -0.25) is 0 Å². The Labute approximate surface area is 221 Å². The maximum absolute atomic E-state index is 12.4. The Balaban J connectivity index is 1.57. The van der Waals surface area contributed by atoms with Gasteiger partial charge in [-0.25, -0.2) is 4.79 Å². The monoisotopic (exact) mass is 534 g/mol. The molecule has 0 aliphatic carbocycles. The zero-order chi connectivity index (χ0) is 27.7. The van der Waals surface area contributed by atoms with E-state index in [2.05, 4.69) is 0 Å². The number of aliphatic hydroxyl groups excluding tert-OH is 3. The lowest BCUT2D eigenvalue weighted by atomic mass is 9.99. The molecule has 3 N–H and O–H groups in total. The van der Waals surface area contributed by atoms with Crippen LogP contribution in [0.3, 0.4) is 0 Å². The Morgan fingerprint density at radius 3 is 2.16 bits per heavy atom. The Morgan fingerprint density at radius 1 is 0.895 bits per heavy atom. The molecule has 0 spiro atoms. The highest BCUT2D eigenvalue weighted by Crippen LogP contribution is 2.29. The van der Waals surface area contributed by atoms with E-state index in [-0.39, 0.29) is 6.61 Å². The zero-order valence-corrected chi connectivity index (χ0v) is 21.7. The lowest BCUT2D eigenvalue weighted by Gasteiger charge is -2.41. The number of rotatable bonds is 12. The van der Waals surface area contributed by atoms with E-state index in [1.165, 1.54) is 27.4 Å². The number of ether oxygens (including phenoxy) is 7. The standard InChI is InChI=1S/C27H34O11/c1-32-18-8-5-16(13-20(18)34-3)7-10-23(29)38-26-22(15-28)37-27(25(31)24(26)30)36-12-11-17-6-9-19(33-2)21(14-17)35-4/h5-10,13-14,22,24-28,30-31H,11-12,15H2,1-4H3/b10-7+/t22-,24+,25+,26+,27+/m1/s1. The van der Waals surface area contributed by atoms with Crippen LogP contribution in [-0.2, 0) is 25.4 Å². The van der Waals surface area contributed by atoms with E-state index in [1.807, 2.05) is 6.07 Å². The van der Waals surface area contributed by atoms with Crippen molar-refractivity contribution in [3.63, 3.8) is 0 Å². The first-order chi connectivity index (χ1) is 18.3. The number of carbonyl (C=O) groups excluding carboxylic acids is 1. The Morgan fingerprint density at radius 2 is 1.53 bits per heavy atom. The highest BCUT2D eigenvalue weighted by atomic mass is 16.7.